The van der Waals surface area contributed by atoms with E-state index in [-0.39, 0.29) is 41.1 Å². The number of hydrogen-bond donors (Lipinski definition) is 4. The van der Waals surface area contributed by atoms with Crippen molar-refractivity contribution in [3.8, 4) is 0 Å². The van der Waals surface area contributed by atoms with E-state index in [0.717, 1.165) is 0 Å². The van der Waals surface area contributed by atoms with Crippen LogP contribution >= 0.6 is 11.6 Å². The summed E-state index contributed by atoms with van der Waals surface area (Å²) < 4.78 is 1.48. The molecule has 138 valence electrons. The number of nitrogens with two attached hydrogens (primary N) is 1. The second kappa shape index (κ2) is 6.58. The number of rotatable bonds is 2. The molecule has 1 spiro atoms. The second-order valence-electron chi connectivity index (χ2n) is 6.08. The number of carbonyl (C=O) groups excluding carboxylic acids is 1. The van der Waals surface area contributed by atoms with Crippen molar-refractivity contribution in [1.29, 1.82) is 0 Å². The first-order chi connectivity index (χ1) is 12.0. The highest BCUT2D eigenvalue weighted by atomic mass is 35.5. The molecular formula is C16H20ClN7O2. The molecule has 0 unspecified atom stereocenters. The zero-order valence-electron chi connectivity index (χ0n) is 13.2. The van der Waals surface area contributed by atoms with Crippen LogP contribution in [0.4, 0.5) is 17.3 Å². The normalized spacial score (nSPS) is 17.3. The molecule has 2 aliphatic heterocycles. The van der Waals surface area contributed by atoms with Crippen LogP contribution in [0.25, 0.3) is 0 Å². The lowest BCUT2D eigenvalue weighted by Crippen LogP contribution is -2.53. The molecule has 0 bridgehead atoms. The maximum atomic E-state index is 13.1. The molecule has 0 aliphatic carbocycles. The van der Waals surface area contributed by atoms with Crippen molar-refractivity contribution >= 4 is 34.8 Å². The minimum absolute atomic E-state index is 0. The molecule has 1 amide bonds. The Morgan fingerprint density at radius 1 is 1.23 bits per heavy atom. The lowest BCUT2D eigenvalue weighted by Gasteiger charge is -2.35. The van der Waals surface area contributed by atoms with Gasteiger partial charge in [0.1, 0.15) is 35.0 Å². The monoisotopic (exact) mass is 377 g/mol. The molecule has 0 radical (unpaired) electrons. The Hall–Kier alpha value is -2.65. The first-order valence-corrected chi connectivity index (χ1v) is 8.22. The van der Waals surface area contributed by atoms with E-state index in [4.69, 9.17) is 17.3 Å². The number of nitrogens with one attached hydrogen (secondary N) is 3. The predicted molar refractivity (Wildman–Crippen MR) is 99.7 cm³/mol. The highest BCUT2D eigenvalue weighted by Gasteiger charge is 2.45. The maximum Gasteiger partial charge on any atom is 0.276 e. The summed E-state index contributed by atoms with van der Waals surface area (Å²) in [6, 6.07) is 2.95. The van der Waals surface area contributed by atoms with Crippen LogP contribution in [0.3, 0.4) is 0 Å². The first-order valence-electron chi connectivity index (χ1n) is 7.84. The maximum absolute atomic E-state index is 13.1. The van der Waals surface area contributed by atoms with Crippen LogP contribution in [0.15, 0.2) is 23.3 Å². The van der Waals surface area contributed by atoms with Gasteiger partial charge in [0.2, 0.25) is 0 Å². The molecule has 9 nitrogen and oxygen atoms in total. The van der Waals surface area contributed by atoms with Gasteiger partial charge in [-0.15, -0.1) is 0 Å². The van der Waals surface area contributed by atoms with Crippen LogP contribution in [0.1, 0.15) is 30.8 Å². The smallest absolute Gasteiger partial charge is 0.276 e. The van der Waals surface area contributed by atoms with Crippen LogP contribution in [-0.4, -0.2) is 33.5 Å². The lowest BCUT2D eigenvalue weighted by atomic mass is 9.98. The number of piperidine rings is 1. The standard InChI is InChI=1S/C15H16ClN7O2.CH4/c16-8-5-9(21-11-6-10(17)19-7-20-11)14(25)23-12(8)13(24)22-15(23)1-3-18-4-2-15;/h5-7,18H,1-4H2,(H,22,24)(H3,17,19,20,21);1H4. The van der Waals surface area contributed by atoms with E-state index in [9.17, 15) is 9.59 Å². The van der Waals surface area contributed by atoms with Gasteiger partial charge in [-0.2, -0.15) is 0 Å². The number of nitrogens with zero attached hydrogens (tertiary/aromatic N) is 3. The molecular weight excluding hydrogens is 358 g/mol. The fourth-order valence-corrected chi connectivity index (χ4v) is 3.67. The van der Waals surface area contributed by atoms with Crippen LogP contribution in [0.2, 0.25) is 5.02 Å². The Bertz CT molecular complexity index is 921. The molecule has 5 N–H and O–H groups in total. The quantitative estimate of drug-likeness (QED) is 0.615. The number of fused-ring (bicyclic) bond motifs is 2. The summed E-state index contributed by atoms with van der Waals surface area (Å²) in [6.07, 6.45) is 2.50. The minimum Gasteiger partial charge on any atom is -0.384 e. The van der Waals surface area contributed by atoms with Gasteiger partial charge < -0.3 is 21.7 Å². The summed E-state index contributed by atoms with van der Waals surface area (Å²) in [5.74, 6) is 0.316. The number of carbonyl (C=O) groups is 1. The van der Waals surface area contributed by atoms with Crippen molar-refractivity contribution in [3.63, 3.8) is 0 Å². The zero-order chi connectivity index (χ0) is 17.6. The number of amides is 1. The van der Waals surface area contributed by atoms with Crippen molar-refractivity contribution in [2.45, 2.75) is 25.9 Å². The summed E-state index contributed by atoms with van der Waals surface area (Å²) in [7, 11) is 0. The molecule has 4 heterocycles. The van der Waals surface area contributed by atoms with Gasteiger partial charge in [0.25, 0.3) is 11.5 Å². The van der Waals surface area contributed by atoms with E-state index in [1.807, 2.05) is 0 Å². The first kappa shape index (κ1) is 18.2. The number of aromatic nitrogens is 3. The Balaban J connectivity index is 0.00000196. The highest BCUT2D eigenvalue weighted by Crippen LogP contribution is 2.34. The SMILES string of the molecule is C.Nc1cc(Nc2cc(Cl)c3n(c2=O)C2(CCNCC2)NC3=O)ncn1. The Morgan fingerprint density at radius 3 is 2.65 bits per heavy atom. The third-order valence-corrected chi connectivity index (χ3v) is 4.81. The van der Waals surface area contributed by atoms with Crippen LogP contribution < -0.4 is 27.2 Å². The summed E-state index contributed by atoms with van der Waals surface area (Å²) in [6.45, 7) is 1.40. The van der Waals surface area contributed by atoms with Gasteiger partial charge in [-0.1, -0.05) is 19.0 Å². The molecule has 2 aliphatic rings. The Kier molecular flexibility index (Phi) is 4.59. The average Bonchev–Trinajstić information content (AvgIpc) is 2.85. The Morgan fingerprint density at radius 2 is 1.96 bits per heavy atom. The Labute approximate surface area is 155 Å². The van der Waals surface area contributed by atoms with E-state index in [0.29, 0.717) is 31.7 Å². The van der Waals surface area contributed by atoms with E-state index in [1.165, 1.54) is 23.0 Å². The van der Waals surface area contributed by atoms with E-state index in [2.05, 4.69) is 25.9 Å². The molecule has 1 fully saturated rings. The van der Waals surface area contributed by atoms with Gasteiger partial charge in [0, 0.05) is 18.9 Å². The summed E-state index contributed by atoms with van der Waals surface area (Å²) in [5.41, 5.74) is 4.97. The van der Waals surface area contributed by atoms with Gasteiger partial charge in [0.15, 0.2) is 0 Å². The molecule has 0 aromatic carbocycles. The van der Waals surface area contributed by atoms with Crippen LogP contribution in [-0.2, 0) is 5.66 Å². The number of hydrogen-bond acceptors (Lipinski definition) is 7. The third-order valence-electron chi connectivity index (χ3n) is 4.53. The van der Waals surface area contributed by atoms with Gasteiger partial charge in [-0.3, -0.25) is 14.2 Å². The molecule has 26 heavy (non-hydrogen) atoms. The van der Waals surface area contributed by atoms with Crippen molar-refractivity contribution in [3.05, 3.63) is 39.5 Å². The van der Waals surface area contributed by atoms with Gasteiger partial charge >= 0.3 is 0 Å². The van der Waals surface area contributed by atoms with Gasteiger partial charge in [0.05, 0.1) is 5.02 Å². The zero-order valence-corrected chi connectivity index (χ0v) is 13.9. The largest absolute Gasteiger partial charge is 0.384 e. The summed E-state index contributed by atoms with van der Waals surface area (Å²) >= 11 is 6.31. The summed E-state index contributed by atoms with van der Waals surface area (Å²) in [4.78, 5) is 33.3. The van der Waals surface area contributed by atoms with Crippen molar-refractivity contribution in [2.24, 2.45) is 0 Å². The van der Waals surface area contributed by atoms with E-state index >= 15 is 0 Å². The van der Waals surface area contributed by atoms with Crippen LogP contribution in [0, 0.1) is 0 Å². The van der Waals surface area contributed by atoms with Gasteiger partial charge in [-0.25, -0.2) is 9.97 Å². The van der Waals surface area contributed by atoms with E-state index in [1.54, 1.807) is 0 Å². The minimum atomic E-state index is -0.749. The second-order valence-corrected chi connectivity index (χ2v) is 6.49. The molecule has 1 saturated heterocycles. The van der Waals surface area contributed by atoms with Crippen molar-refractivity contribution in [2.75, 3.05) is 24.1 Å². The predicted octanol–water partition coefficient (Wildman–Crippen LogP) is 1.03. The van der Waals surface area contributed by atoms with Crippen LogP contribution in [0.5, 0.6) is 0 Å². The number of pyridine rings is 1. The topological polar surface area (TPSA) is 127 Å². The summed E-state index contributed by atoms with van der Waals surface area (Å²) in [5, 5.41) is 9.30. The molecule has 4 rings (SSSR count). The molecule has 10 heteroatoms. The average molecular weight is 378 g/mol. The number of halogens is 1. The molecule has 0 atom stereocenters. The van der Waals surface area contributed by atoms with Crippen molar-refractivity contribution in [1.82, 2.24) is 25.2 Å². The molecule has 2 aromatic rings. The lowest BCUT2D eigenvalue weighted by molar-refractivity contribution is 0.0886. The number of anilines is 3. The van der Waals surface area contributed by atoms with E-state index < -0.39 is 5.66 Å². The van der Waals surface area contributed by atoms with Gasteiger partial charge in [-0.05, 0) is 19.2 Å². The highest BCUT2D eigenvalue weighted by molar-refractivity contribution is 6.34. The molecule has 0 saturated carbocycles. The third kappa shape index (κ3) is 2.78. The van der Waals surface area contributed by atoms with Crippen molar-refractivity contribution < 1.29 is 4.79 Å². The number of nitrogen functional groups attached to an aromatic ring is 1. The molecule has 2 aromatic heterocycles. The fourth-order valence-electron chi connectivity index (χ4n) is 3.39. The fraction of sp³-hybridized carbons (Fsp3) is 0.375.